The Balaban J connectivity index is 2.23. The number of rotatable bonds is 1. The van der Waals surface area contributed by atoms with Crippen LogP contribution in [0.2, 0.25) is 0 Å². The van der Waals surface area contributed by atoms with E-state index in [1.54, 1.807) is 0 Å². The quantitative estimate of drug-likeness (QED) is 0.745. The molecular formula is C12H11BrO. The fraction of sp³-hybridized carbons (Fsp3) is 0.250. The first-order chi connectivity index (χ1) is 6.75. The van der Waals surface area contributed by atoms with Gasteiger partial charge in [-0.2, -0.15) is 0 Å². The zero-order valence-corrected chi connectivity index (χ0v) is 9.38. The third-order valence-electron chi connectivity index (χ3n) is 2.46. The number of halogens is 1. The molecule has 0 saturated carbocycles. The first-order valence-corrected chi connectivity index (χ1v) is 5.52. The molecule has 0 bridgehead atoms. The molecule has 0 heterocycles. The highest BCUT2D eigenvalue weighted by molar-refractivity contribution is 9.10. The van der Waals surface area contributed by atoms with Crippen molar-refractivity contribution in [3.63, 3.8) is 0 Å². The van der Waals surface area contributed by atoms with Gasteiger partial charge in [0, 0.05) is 17.3 Å². The average molecular weight is 251 g/mol. The molecule has 0 atom stereocenters. The minimum Gasteiger partial charge on any atom is -0.299 e. The van der Waals surface area contributed by atoms with Crippen molar-refractivity contribution in [1.29, 1.82) is 0 Å². The molecule has 1 aliphatic rings. The summed E-state index contributed by atoms with van der Waals surface area (Å²) in [4.78, 5) is 11.0. The van der Waals surface area contributed by atoms with E-state index in [9.17, 15) is 4.79 Å². The van der Waals surface area contributed by atoms with Gasteiger partial charge < -0.3 is 0 Å². The fourth-order valence-electron chi connectivity index (χ4n) is 1.64. The molecule has 1 aliphatic carbocycles. The van der Waals surface area contributed by atoms with Gasteiger partial charge in [-0.1, -0.05) is 34.1 Å². The maximum absolute atomic E-state index is 11.0. The lowest BCUT2D eigenvalue weighted by Gasteiger charge is -2.12. The Bertz CT molecular complexity index is 376. The molecule has 0 unspecified atom stereocenters. The van der Waals surface area contributed by atoms with Crippen molar-refractivity contribution in [2.45, 2.75) is 19.3 Å². The average Bonchev–Trinajstić information content (AvgIpc) is 2.21. The summed E-state index contributed by atoms with van der Waals surface area (Å²) in [6, 6.07) is 8.25. The van der Waals surface area contributed by atoms with Crippen LogP contribution in [0.4, 0.5) is 0 Å². The zero-order valence-electron chi connectivity index (χ0n) is 7.79. The summed E-state index contributed by atoms with van der Waals surface area (Å²) < 4.78 is 1.09. The molecule has 1 nitrogen and oxygen atoms in total. The van der Waals surface area contributed by atoms with E-state index in [-0.39, 0.29) is 0 Å². The van der Waals surface area contributed by atoms with Crippen LogP contribution in [0.25, 0.3) is 5.57 Å². The maximum atomic E-state index is 11.0. The highest BCUT2D eigenvalue weighted by Gasteiger charge is 2.11. The number of hydrogen-bond acceptors (Lipinski definition) is 1. The molecule has 1 aromatic carbocycles. The van der Waals surface area contributed by atoms with Gasteiger partial charge in [0.25, 0.3) is 0 Å². The summed E-state index contributed by atoms with van der Waals surface area (Å²) in [5, 5.41) is 0. The summed E-state index contributed by atoms with van der Waals surface area (Å²) in [6.45, 7) is 0. The van der Waals surface area contributed by atoms with Gasteiger partial charge in [0.05, 0.1) is 0 Å². The van der Waals surface area contributed by atoms with Gasteiger partial charge in [-0.15, -0.1) is 0 Å². The van der Waals surface area contributed by atoms with Crippen LogP contribution in [0.15, 0.2) is 34.8 Å². The Hall–Kier alpha value is -0.890. The minimum absolute atomic E-state index is 0.353. The Morgan fingerprint density at radius 2 is 1.79 bits per heavy atom. The predicted octanol–water partition coefficient (Wildman–Crippen LogP) is 3.59. The van der Waals surface area contributed by atoms with Crippen molar-refractivity contribution in [1.82, 2.24) is 0 Å². The monoisotopic (exact) mass is 250 g/mol. The first kappa shape index (κ1) is 9.66. The molecular weight excluding hydrogens is 240 g/mol. The summed E-state index contributed by atoms with van der Waals surface area (Å²) in [6.07, 6.45) is 4.24. The highest BCUT2D eigenvalue weighted by Crippen LogP contribution is 2.26. The number of benzene rings is 1. The van der Waals surface area contributed by atoms with Crippen LogP contribution in [-0.2, 0) is 4.79 Å². The lowest BCUT2D eigenvalue weighted by Crippen LogP contribution is -2.02. The SMILES string of the molecule is O=C1CC=C(c2ccc(Br)cc2)CC1. The van der Waals surface area contributed by atoms with Crippen molar-refractivity contribution in [3.8, 4) is 0 Å². The Kier molecular flexibility index (Phi) is 2.82. The summed E-state index contributed by atoms with van der Waals surface area (Å²) in [7, 11) is 0. The number of allylic oxidation sites excluding steroid dienone is 2. The van der Waals surface area contributed by atoms with Gasteiger partial charge in [-0.3, -0.25) is 4.79 Å². The largest absolute Gasteiger partial charge is 0.299 e. The maximum Gasteiger partial charge on any atom is 0.137 e. The van der Waals surface area contributed by atoms with Crippen molar-refractivity contribution in [3.05, 3.63) is 40.4 Å². The van der Waals surface area contributed by atoms with Crippen LogP contribution in [0.5, 0.6) is 0 Å². The van der Waals surface area contributed by atoms with Crippen molar-refractivity contribution < 1.29 is 4.79 Å². The van der Waals surface area contributed by atoms with E-state index < -0.39 is 0 Å². The second-order valence-corrected chi connectivity index (χ2v) is 4.39. The van der Waals surface area contributed by atoms with Gasteiger partial charge in [0.15, 0.2) is 0 Å². The van der Waals surface area contributed by atoms with Crippen LogP contribution in [0, 0.1) is 0 Å². The lowest BCUT2D eigenvalue weighted by molar-refractivity contribution is -0.118. The fourth-order valence-corrected chi connectivity index (χ4v) is 1.91. The van der Waals surface area contributed by atoms with Gasteiger partial charge >= 0.3 is 0 Å². The molecule has 0 aromatic heterocycles. The van der Waals surface area contributed by atoms with E-state index >= 15 is 0 Å². The molecule has 14 heavy (non-hydrogen) atoms. The van der Waals surface area contributed by atoms with Crippen LogP contribution in [0.1, 0.15) is 24.8 Å². The number of carbonyl (C=O) groups excluding carboxylic acids is 1. The van der Waals surface area contributed by atoms with E-state index in [0.29, 0.717) is 18.6 Å². The molecule has 2 rings (SSSR count). The zero-order chi connectivity index (χ0) is 9.97. The summed E-state index contributed by atoms with van der Waals surface area (Å²) in [5.74, 6) is 0.353. The van der Waals surface area contributed by atoms with Crippen molar-refractivity contribution in [2.75, 3.05) is 0 Å². The lowest BCUT2D eigenvalue weighted by atomic mass is 9.93. The number of carbonyl (C=O) groups is 1. The minimum atomic E-state index is 0.353. The van der Waals surface area contributed by atoms with Gasteiger partial charge in [0.2, 0.25) is 0 Å². The van der Waals surface area contributed by atoms with Gasteiger partial charge in [-0.25, -0.2) is 0 Å². The van der Waals surface area contributed by atoms with Gasteiger partial charge in [-0.05, 0) is 29.7 Å². The molecule has 1 aromatic rings. The third kappa shape index (κ3) is 2.13. The third-order valence-corrected chi connectivity index (χ3v) is 2.99. The summed E-state index contributed by atoms with van der Waals surface area (Å²) >= 11 is 3.41. The van der Waals surface area contributed by atoms with Gasteiger partial charge in [0.1, 0.15) is 5.78 Å². The second kappa shape index (κ2) is 4.09. The smallest absolute Gasteiger partial charge is 0.137 e. The van der Waals surface area contributed by atoms with Crippen LogP contribution in [0.3, 0.4) is 0 Å². The second-order valence-electron chi connectivity index (χ2n) is 3.48. The molecule has 2 heteroatoms. The van der Waals surface area contributed by atoms with E-state index in [1.807, 2.05) is 12.1 Å². The van der Waals surface area contributed by atoms with Crippen molar-refractivity contribution in [2.24, 2.45) is 0 Å². The Morgan fingerprint density at radius 1 is 1.07 bits per heavy atom. The van der Waals surface area contributed by atoms with Crippen LogP contribution in [-0.4, -0.2) is 5.78 Å². The van der Waals surface area contributed by atoms with Crippen LogP contribution >= 0.6 is 15.9 Å². The molecule has 0 saturated heterocycles. The Morgan fingerprint density at radius 3 is 2.36 bits per heavy atom. The number of Topliss-reactive ketones (excluding diaryl/α,β-unsaturated/α-hetero) is 1. The highest BCUT2D eigenvalue weighted by atomic mass is 79.9. The van der Waals surface area contributed by atoms with Crippen LogP contribution < -0.4 is 0 Å². The topological polar surface area (TPSA) is 17.1 Å². The molecule has 0 aliphatic heterocycles. The van der Waals surface area contributed by atoms with E-state index in [1.165, 1.54) is 11.1 Å². The normalized spacial score (nSPS) is 16.6. The molecule has 72 valence electrons. The number of hydrogen-bond donors (Lipinski definition) is 0. The summed E-state index contributed by atoms with van der Waals surface area (Å²) in [5.41, 5.74) is 2.54. The molecule has 0 amide bonds. The van der Waals surface area contributed by atoms with E-state index in [2.05, 4.69) is 34.1 Å². The molecule has 0 fully saturated rings. The van der Waals surface area contributed by atoms with E-state index in [0.717, 1.165) is 10.9 Å². The molecule has 0 N–H and O–H groups in total. The first-order valence-electron chi connectivity index (χ1n) is 4.72. The van der Waals surface area contributed by atoms with E-state index in [4.69, 9.17) is 0 Å². The predicted molar refractivity (Wildman–Crippen MR) is 61.0 cm³/mol. The Labute approximate surface area is 92.0 Å². The molecule has 0 radical (unpaired) electrons. The number of ketones is 1. The standard InChI is InChI=1S/C12H11BrO/c13-11-5-1-9(2-6-11)10-3-7-12(14)8-4-10/h1-3,5-6H,4,7-8H2. The molecule has 0 spiro atoms. The van der Waals surface area contributed by atoms with Crippen molar-refractivity contribution >= 4 is 27.3 Å².